The van der Waals surface area contributed by atoms with Gasteiger partial charge < -0.3 is 4.74 Å². The quantitative estimate of drug-likeness (QED) is 0.431. The number of ether oxygens (including phenoxy) is 1. The third kappa shape index (κ3) is 1.85. The monoisotopic (exact) mass is 242 g/mol. The lowest BCUT2D eigenvalue weighted by Crippen LogP contribution is -2.10. The van der Waals surface area contributed by atoms with Crippen molar-refractivity contribution in [3.63, 3.8) is 0 Å². The van der Waals surface area contributed by atoms with E-state index in [0.717, 1.165) is 0 Å². The van der Waals surface area contributed by atoms with Crippen molar-refractivity contribution in [1.82, 2.24) is 0 Å². The second-order valence-corrected chi connectivity index (χ2v) is 3.99. The molecular weight excluding hydrogens is 232 g/mol. The first-order valence-electron chi connectivity index (χ1n) is 4.40. The lowest BCUT2D eigenvalue weighted by Gasteiger charge is -2.09. The number of carbonyl (C=O) groups is 1. The lowest BCUT2D eigenvalue weighted by molar-refractivity contribution is -0.139. The van der Waals surface area contributed by atoms with Crippen LogP contribution < -0.4 is 0 Å². The molecule has 2 aliphatic rings. The average Bonchev–Trinajstić information content (AvgIpc) is 2.74. The maximum absolute atomic E-state index is 10.9. The van der Waals surface area contributed by atoms with Gasteiger partial charge in [-0.25, -0.2) is 0 Å². The molecule has 0 N–H and O–H groups in total. The highest BCUT2D eigenvalue weighted by Gasteiger charge is 2.28. The molecule has 70 valence electrons. The van der Waals surface area contributed by atoms with Crippen molar-refractivity contribution < 1.29 is 9.53 Å². The predicted octanol–water partition coefficient (Wildman–Crippen LogP) is 2.06. The summed E-state index contributed by atoms with van der Waals surface area (Å²) in [5.41, 5.74) is 1.27. The molecule has 2 rings (SSSR count). The van der Waals surface area contributed by atoms with E-state index in [4.69, 9.17) is 4.74 Å². The number of rotatable bonds is 3. The molecule has 0 aromatic carbocycles. The second-order valence-electron chi connectivity index (χ2n) is 3.43. The van der Waals surface area contributed by atoms with Gasteiger partial charge in [0.05, 0.1) is 0 Å². The van der Waals surface area contributed by atoms with Crippen LogP contribution in [-0.4, -0.2) is 17.9 Å². The zero-order chi connectivity index (χ0) is 9.26. The third-order valence-electron chi connectivity index (χ3n) is 2.53. The van der Waals surface area contributed by atoms with Gasteiger partial charge in [0.15, 0.2) is 0 Å². The summed E-state index contributed by atoms with van der Waals surface area (Å²) in [6.45, 7) is 0.468. The molecule has 0 radical (unpaired) electrons. The van der Waals surface area contributed by atoms with Gasteiger partial charge in [0.2, 0.25) is 0 Å². The molecule has 2 bridgehead atoms. The summed E-state index contributed by atoms with van der Waals surface area (Å²) in [7, 11) is 0. The molecule has 0 amide bonds. The standard InChI is InChI=1S/C10H11BrO2/c11-5-10(12)13-6-9-4-7-1-2-8(9)3-7/h1-2,4,7-8H,3,5-6H2/t7-,8+/m0/s1. The minimum Gasteiger partial charge on any atom is -0.461 e. The van der Waals surface area contributed by atoms with Gasteiger partial charge in [-0.3, -0.25) is 4.79 Å². The van der Waals surface area contributed by atoms with E-state index in [1.54, 1.807) is 0 Å². The molecule has 0 aliphatic heterocycles. The maximum Gasteiger partial charge on any atom is 0.316 e. The molecule has 0 saturated carbocycles. The molecule has 0 saturated heterocycles. The van der Waals surface area contributed by atoms with Gasteiger partial charge in [-0.2, -0.15) is 0 Å². The van der Waals surface area contributed by atoms with E-state index in [9.17, 15) is 4.79 Å². The maximum atomic E-state index is 10.9. The highest BCUT2D eigenvalue weighted by molar-refractivity contribution is 9.09. The van der Waals surface area contributed by atoms with Gasteiger partial charge in [-0.15, -0.1) is 0 Å². The molecule has 0 spiro atoms. The van der Waals surface area contributed by atoms with E-state index < -0.39 is 0 Å². The molecule has 2 aliphatic carbocycles. The average molecular weight is 243 g/mol. The Kier molecular flexibility index (Phi) is 2.54. The topological polar surface area (TPSA) is 26.3 Å². The van der Waals surface area contributed by atoms with E-state index in [2.05, 4.69) is 34.2 Å². The number of allylic oxidation sites excluding steroid dienone is 3. The third-order valence-corrected chi connectivity index (χ3v) is 2.99. The summed E-state index contributed by atoms with van der Waals surface area (Å²) in [5, 5.41) is 0.282. The summed E-state index contributed by atoms with van der Waals surface area (Å²) >= 11 is 3.06. The Hall–Kier alpha value is -0.570. The Bertz CT molecular complexity index is 281. The molecule has 0 aromatic heterocycles. The van der Waals surface area contributed by atoms with Crippen LogP contribution >= 0.6 is 15.9 Å². The minimum absolute atomic E-state index is 0.187. The van der Waals surface area contributed by atoms with E-state index in [0.29, 0.717) is 18.4 Å². The molecule has 13 heavy (non-hydrogen) atoms. The molecule has 2 nitrogen and oxygen atoms in total. The summed E-state index contributed by atoms with van der Waals surface area (Å²) < 4.78 is 5.04. The first-order chi connectivity index (χ1) is 6.29. The summed E-state index contributed by atoms with van der Waals surface area (Å²) in [4.78, 5) is 10.9. The predicted molar refractivity (Wildman–Crippen MR) is 53.6 cm³/mol. The number of hydrogen-bond donors (Lipinski definition) is 0. The number of hydrogen-bond acceptors (Lipinski definition) is 2. The van der Waals surface area contributed by atoms with Crippen LogP contribution in [0.5, 0.6) is 0 Å². The zero-order valence-electron chi connectivity index (χ0n) is 7.20. The summed E-state index contributed by atoms with van der Waals surface area (Å²) in [5.74, 6) is 0.948. The van der Waals surface area contributed by atoms with Crippen LogP contribution in [0.15, 0.2) is 23.8 Å². The molecule has 0 heterocycles. The van der Waals surface area contributed by atoms with Gasteiger partial charge in [0.1, 0.15) is 11.9 Å². The number of fused-ring (bicyclic) bond motifs is 2. The van der Waals surface area contributed by atoms with Crippen LogP contribution in [0.3, 0.4) is 0 Å². The summed E-state index contributed by atoms with van der Waals surface area (Å²) in [6.07, 6.45) is 7.83. The molecule has 0 unspecified atom stereocenters. The first kappa shape index (κ1) is 9.00. The first-order valence-corrected chi connectivity index (χ1v) is 5.52. The highest BCUT2D eigenvalue weighted by atomic mass is 79.9. The molecular formula is C10H11BrO2. The Balaban J connectivity index is 1.84. The lowest BCUT2D eigenvalue weighted by atomic mass is 10.0. The van der Waals surface area contributed by atoms with E-state index >= 15 is 0 Å². The molecule has 0 aromatic rings. The fraction of sp³-hybridized carbons (Fsp3) is 0.500. The van der Waals surface area contributed by atoms with Crippen LogP contribution in [0.4, 0.5) is 0 Å². The fourth-order valence-corrected chi connectivity index (χ4v) is 2.04. The van der Waals surface area contributed by atoms with Crippen LogP contribution in [-0.2, 0) is 9.53 Å². The van der Waals surface area contributed by atoms with Crippen molar-refractivity contribution in [2.45, 2.75) is 6.42 Å². The number of halogens is 1. The van der Waals surface area contributed by atoms with Gasteiger partial charge in [-0.1, -0.05) is 34.2 Å². The van der Waals surface area contributed by atoms with Crippen molar-refractivity contribution in [3.05, 3.63) is 23.8 Å². The highest BCUT2D eigenvalue weighted by Crippen LogP contribution is 2.38. The summed E-state index contributed by atoms with van der Waals surface area (Å²) in [6, 6.07) is 0. The number of carbonyl (C=O) groups excluding carboxylic acids is 1. The van der Waals surface area contributed by atoms with Crippen LogP contribution in [0.2, 0.25) is 0 Å². The number of alkyl halides is 1. The Morgan fingerprint density at radius 3 is 3.00 bits per heavy atom. The Morgan fingerprint density at radius 1 is 1.62 bits per heavy atom. The largest absolute Gasteiger partial charge is 0.461 e. The van der Waals surface area contributed by atoms with Gasteiger partial charge in [-0.05, 0) is 17.9 Å². The second kappa shape index (κ2) is 3.66. The minimum atomic E-state index is -0.187. The van der Waals surface area contributed by atoms with Crippen molar-refractivity contribution in [2.24, 2.45) is 11.8 Å². The molecule has 2 atom stereocenters. The SMILES string of the molecule is O=C(CBr)OCC1=C[C@H]2C=C[C@@H]1C2. The molecule has 3 heteroatoms. The van der Waals surface area contributed by atoms with Crippen LogP contribution in [0, 0.1) is 11.8 Å². The van der Waals surface area contributed by atoms with Gasteiger partial charge in [0, 0.05) is 5.92 Å². The smallest absolute Gasteiger partial charge is 0.316 e. The van der Waals surface area contributed by atoms with Crippen molar-refractivity contribution >= 4 is 21.9 Å². The van der Waals surface area contributed by atoms with Crippen molar-refractivity contribution in [3.8, 4) is 0 Å². The van der Waals surface area contributed by atoms with E-state index in [1.807, 2.05) is 0 Å². The normalized spacial score (nSPS) is 29.2. The number of esters is 1. The van der Waals surface area contributed by atoms with Gasteiger partial charge in [0.25, 0.3) is 0 Å². The Morgan fingerprint density at radius 2 is 2.46 bits per heavy atom. The van der Waals surface area contributed by atoms with E-state index in [1.165, 1.54) is 12.0 Å². The van der Waals surface area contributed by atoms with Gasteiger partial charge >= 0.3 is 5.97 Å². The molecule has 0 fully saturated rings. The Labute approximate surface area is 85.8 Å². The van der Waals surface area contributed by atoms with Crippen molar-refractivity contribution in [2.75, 3.05) is 11.9 Å². The van der Waals surface area contributed by atoms with E-state index in [-0.39, 0.29) is 11.3 Å². The zero-order valence-corrected chi connectivity index (χ0v) is 8.79. The van der Waals surface area contributed by atoms with Crippen molar-refractivity contribution in [1.29, 1.82) is 0 Å². The van der Waals surface area contributed by atoms with Crippen LogP contribution in [0.1, 0.15) is 6.42 Å². The fourth-order valence-electron chi connectivity index (χ4n) is 1.88. The van der Waals surface area contributed by atoms with Crippen LogP contribution in [0.25, 0.3) is 0 Å².